The summed E-state index contributed by atoms with van der Waals surface area (Å²) in [5.74, 6) is -2.20. The Morgan fingerprint density at radius 2 is 2.11 bits per heavy atom. The fourth-order valence-electron chi connectivity index (χ4n) is 2.49. The van der Waals surface area contributed by atoms with Crippen LogP contribution in [0.5, 0.6) is 0 Å². The summed E-state index contributed by atoms with van der Waals surface area (Å²) in [4.78, 5) is 13.5. The van der Waals surface area contributed by atoms with Gasteiger partial charge >= 0.3 is 6.18 Å². The second-order valence-electron chi connectivity index (χ2n) is 5.26. The van der Waals surface area contributed by atoms with E-state index < -0.39 is 18.0 Å². The summed E-state index contributed by atoms with van der Waals surface area (Å²) in [6.45, 7) is 1.73. The molecule has 0 aromatic heterocycles. The van der Waals surface area contributed by atoms with Crippen LogP contribution in [0.1, 0.15) is 39.0 Å². The van der Waals surface area contributed by atoms with Crippen molar-refractivity contribution in [1.82, 2.24) is 4.90 Å². The highest BCUT2D eigenvalue weighted by Gasteiger charge is 2.44. The minimum atomic E-state index is -4.21. The van der Waals surface area contributed by atoms with Gasteiger partial charge in [-0.2, -0.15) is 18.4 Å². The number of carbonyl (C=O) groups is 1. The molecule has 1 fully saturated rings. The molecule has 1 amide bonds. The Bertz CT molecular complexity index is 362. The van der Waals surface area contributed by atoms with Gasteiger partial charge in [-0.25, -0.2) is 0 Å². The molecule has 0 aromatic rings. The highest BCUT2D eigenvalue weighted by molar-refractivity contribution is 5.79. The van der Waals surface area contributed by atoms with Gasteiger partial charge in [-0.3, -0.25) is 4.79 Å². The molecule has 1 aliphatic rings. The average molecular weight is 276 g/mol. The number of rotatable bonds is 3. The van der Waals surface area contributed by atoms with E-state index in [0.29, 0.717) is 12.8 Å². The van der Waals surface area contributed by atoms with Crippen molar-refractivity contribution in [2.45, 2.75) is 51.2 Å². The third-order valence-electron chi connectivity index (χ3n) is 3.88. The van der Waals surface area contributed by atoms with Crippen molar-refractivity contribution in [3.63, 3.8) is 0 Å². The van der Waals surface area contributed by atoms with Crippen LogP contribution in [-0.4, -0.2) is 30.1 Å². The number of alkyl halides is 3. The molecule has 0 aromatic carbocycles. The van der Waals surface area contributed by atoms with E-state index in [2.05, 4.69) is 0 Å². The third-order valence-corrected chi connectivity index (χ3v) is 3.88. The number of amides is 1. The molecule has 19 heavy (non-hydrogen) atoms. The highest BCUT2D eigenvalue weighted by atomic mass is 19.4. The molecule has 0 heterocycles. The molecule has 0 radical (unpaired) electrons. The summed E-state index contributed by atoms with van der Waals surface area (Å²) >= 11 is 0. The Hall–Kier alpha value is -1.25. The Morgan fingerprint density at radius 3 is 2.63 bits per heavy atom. The summed E-state index contributed by atoms with van der Waals surface area (Å²) in [6, 6.07) is 1.70. The smallest absolute Gasteiger partial charge is 0.342 e. The Labute approximate surface area is 111 Å². The predicted molar refractivity (Wildman–Crippen MR) is 64.0 cm³/mol. The molecule has 3 atom stereocenters. The maximum absolute atomic E-state index is 12.7. The van der Waals surface area contributed by atoms with Gasteiger partial charge in [0, 0.05) is 19.0 Å². The van der Waals surface area contributed by atoms with Crippen LogP contribution in [0, 0.1) is 23.2 Å². The summed E-state index contributed by atoms with van der Waals surface area (Å²) in [5.41, 5.74) is 0. The lowest BCUT2D eigenvalue weighted by Crippen LogP contribution is -2.42. The molecule has 0 aliphatic heterocycles. The summed E-state index contributed by atoms with van der Waals surface area (Å²) in [5, 5.41) is 8.59. The SMILES string of the molecule is CC(CC#N)N(C)C(=O)C1CCCC(C(F)(F)F)C1. The van der Waals surface area contributed by atoms with Crippen LogP contribution >= 0.6 is 0 Å². The number of halogens is 3. The topological polar surface area (TPSA) is 44.1 Å². The standard InChI is InChI=1S/C13H19F3N2O/c1-9(6-7-17)18(2)12(19)10-4-3-5-11(8-10)13(14,15)16/h9-11H,3-6,8H2,1-2H3. The van der Waals surface area contributed by atoms with Gasteiger partial charge in [-0.15, -0.1) is 0 Å². The number of nitriles is 1. The van der Waals surface area contributed by atoms with Crippen molar-refractivity contribution in [3.8, 4) is 6.07 Å². The van der Waals surface area contributed by atoms with Crippen LogP contribution < -0.4 is 0 Å². The van der Waals surface area contributed by atoms with E-state index in [1.807, 2.05) is 6.07 Å². The van der Waals surface area contributed by atoms with Gasteiger partial charge in [0.2, 0.25) is 5.91 Å². The zero-order valence-corrected chi connectivity index (χ0v) is 11.2. The second kappa shape index (κ2) is 6.27. The summed E-state index contributed by atoms with van der Waals surface area (Å²) in [7, 11) is 1.56. The number of carbonyl (C=O) groups excluding carboxylic acids is 1. The molecule has 108 valence electrons. The molecule has 0 spiro atoms. The number of hydrogen-bond donors (Lipinski definition) is 0. The predicted octanol–water partition coefficient (Wildman–Crippen LogP) is 3.12. The van der Waals surface area contributed by atoms with Crippen molar-refractivity contribution in [1.29, 1.82) is 5.26 Å². The summed E-state index contributed by atoms with van der Waals surface area (Å²) < 4.78 is 38.1. The monoisotopic (exact) mass is 276 g/mol. The van der Waals surface area contributed by atoms with Crippen molar-refractivity contribution < 1.29 is 18.0 Å². The molecule has 0 bridgehead atoms. The van der Waals surface area contributed by atoms with E-state index in [0.717, 1.165) is 0 Å². The third kappa shape index (κ3) is 4.12. The van der Waals surface area contributed by atoms with Crippen molar-refractivity contribution >= 4 is 5.91 Å². The zero-order valence-electron chi connectivity index (χ0n) is 11.2. The van der Waals surface area contributed by atoms with E-state index in [-0.39, 0.29) is 31.2 Å². The number of nitrogens with zero attached hydrogens (tertiary/aromatic N) is 2. The van der Waals surface area contributed by atoms with Gasteiger partial charge in [0.1, 0.15) is 0 Å². The van der Waals surface area contributed by atoms with Crippen LogP contribution in [0.2, 0.25) is 0 Å². The molecule has 0 saturated heterocycles. The molecule has 6 heteroatoms. The molecule has 1 rings (SSSR count). The van der Waals surface area contributed by atoms with Gasteiger partial charge < -0.3 is 4.90 Å². The first kappa shape index (κ1) is 15.8. The second-order valence-corrected chi connectivity index (χ2v) is 5.26. The van der Waals surface area contributed by atoms with E-state index in [1.165, 1.54) is 4.90 Å². The quantitative estimate of drug-likeness (QED) is 0.795. The first-order chi connectivity index (χ1) is 8.77. The van der Waals surface area contributed by atoms with E-state index >= 15 is 0 Å². The van der Waals surface area contributed by atoms with Crippen molar-refractivity contribution in [2.24, 2.45) is 11.8 Å². The van der Waals surface area contributed by atoms with Gasteiger partial charge in [0.05, 0.1) is 18.4 Å². The first-order valence-corrected chi connectivity index (χ1v) is 6.47. The fourth-order valence-corrected chi connectivity index (χ4v) is 2.49. The lowest BCUT2D eigenvalue weighted by Gasteiger charge is -2.33. The minimum absolute atomic E-state index is 0.116. The lowest BCUT2D eigenvalue weighted by atomic mass is 9.80. The lowest BCUT2D eigenvalue weighted by molar-refractivity contribution is -0.187. The molecule has 0 N–H and O–H groups in total. The average Bonchev–Trinajstić information content (AvgIpc) is 2.36. The van der Waals surface area contributed by atoms with Gasteiger partial charge in [0.15, 0.2) is 0 Å². The van der Waals surface area contributed by atoms with Crippen LogP contribution in [0.15, 0.2) is 0 Å². The Morgan fingerprint density at radius 1 is 1.47 bits per heavy atom. The van der Waals surface area contributed by atoms with Crippen molar-refractivity contribution in [3.05, 3.63) is 0 Å². The zero-order chi connectivity index (χ0) is 14.6. The highest BCUT2D eigenvalue weighted by Crippen LogP contribution is 2.40. The van der Waals surface area contributed by atoms with E-state index in [9.17, 15) is 18.0 Å². The normalized spacial score (nSPS) is 25.5. The first-order valence-electron chi connectivity index (χ1n) is 6.47. The van der Waals surface area contributed by atoms with E-state index in [4.69, 9.17) is 5.26 Å². The Balaban J connectivity index is 2.65. The minimum Gasteiger partial charge on any atom is -0.342 e. The fraction of sp³-hybridized carbons (Fsp3) is 0.846. The van der Waals surface area contributed by atoms with Gasteiger partial charge in [-0.1, -0.05) is 6.42 Å². The summed E-state index contributed by atoms with van der Waals surface area (Å²) in [6.07, 6.45) is -3.08. The van der Waals surface area contributed by atoms with Gasteiger partial charge in [-0.05, 0) is 26.2 Å². The molecule has 1 aliphatic carbocycles. The maximum Gasteiger partial charge on any atom is 0.391 e. The molecular formula is C13H19F3N2O. The maximum atomic E-state index is 12.7. The van der Waals surface area contributed by atoms with Crippen molar-refractivity contribution in [2.75, 3.05) is 7.05 Å². The molecular weight excluding hydrogens is 257 g/mol. The molecule has 1 saturated carbocycles. The molecule has 3 nitrogen and oxygen atoms in total. The van der Waals surface area contributed by atoms with E-state index in [1.54, 1.807) is 14.0 Å². The largest absolute Gasteiger partial charge is 0.391 e. The van der Waals surface area contributed by atoms with Crippen LogP contribution in [-0.2, 0) is 4.79 Å². The van der Waals surface area contributed by atoms with Crippen LogP contribution in [0.4, 0.5) is 13.2 Å². The van der Waals surface area contributed by atoms with Crippen LogP contribution in [0.3, 0.4) is 0 Å². The number of hydrogen-bond acceptors (Lipinski definition) is 2. The Kier molecular flexibility index (Phi) is 5.21. The molecule has 3 unspecified atom stereocenters. The van der Waals surface area contributed by atoms with Gasteiger partial charge in [0.25, 0.3) is 0 Å². The van der Waals surface area contributed by atoms with Crippen LogP contribution in [0.25, 0.3) is 0 Å².